The lowest BCUT2D eigenvalue weighted by atomic mass is 9.98. The lowest BCUT2D eigenvalue weighted by molar-refractivity contribution is 0.0797. The van der Waals surface area contributed by atoms with Gasteiger partial charge in [0.05, 0.1) is 10.6 Å². The van der Waals surface area contributed by atoms with Gasteiger partial charge in [-0.2, -0.15) is 0 Å². The summed E-state index contributed by atoms with van der Waals surface area (Å²) in [5.41, 5.74) is 0.800. The first kappa shape index (κ1) is 23.3. The van der Waals surface area contributed by atoms with Crippen molar-refractivity contribution in [2.75, 3.05) is 30.5 Å². The van der Waals surface area contributed by atoms with Gasteiger partial charge in [0, 0.05) is 24.2 Å². The summed E-state index contributed by atoms with van der Waals surface area (Å²) in [4.78, 5) is 15.4. The van der Waals surface area contributed by atoms with E-state index in [2.05, 4.69) is 24.1 Å². The van der Waals surface area contributed by atoms with E-state index in [4.69, 9.17) is 0 Å². The Morgan fingerprint density at radius 1 is 1.03 bits per heavy atom. The molecule has 2 aromatic rings. The minimum absolute atomic E-state index is 0.112. The highest BCUT2D eigenvalue weighted by Crippen LogP contribution is 2.24. The molecule has 1 aliphatic rings. The monoisotopic (exact) mass is 443 g/mol. The highest BCUT2D eigenvalue weighted by atomic mass is 32.2. The number of hydrogen-bond acceptors (Lipinski definition) is 4. The summed E-state index contributed by atoms with van der Waals surface area (Å²) < 4.78 is 27.9. The smallest absolute Gasteiger partial charge is 0.264 e. The van der Waals surface area contributed by atoms with Crippen molar-refractivity contribution in [3.63, 3.8) is 0 Å². The topological polar surface area (TPSA) is 69.7 Å². The zero-order valence-electron chi connectivity index (χ0n) is 18.7. The first-order valence-corrected chi connectivity index (χ1v) is 12.4. The number of carbonyl (C=O) groups is 1. The summed E-state index contributed by atoms with van der Waals surface area (Å²) in [5.74, 6) is -0.259. The second-order valence-electron chi connectivity index (χ2n) is 8.58. The van der Waals surface area contributed by atoms with E-state index in [9.17, 15) is 13.2 Å². The second-order valence-corrected chi connectivity index (χ2v) is 10.4. The largest absolute Gasteiger partial charge is 0.350 e. The molecule has 1 N–H and O–H groups in total. The van der Waals surface area contributed by atoms with Crippen LogP contribution in [0.3, 0.4) is 0 Å². The quantitative estimate of drug-likeness (QED) is 0.672. The van der Waals surface area contributed by atoms with Crippen molar-refractivity contribution in [2.45, 2.75) is 50.5 Å². The number of rotatable bonds is 8. The standard InChI is InChI=1S/C24H33N3O3S/c1-4-27(21-13-7-5-8-14-21)31(29,30)22-15-11-12-20(18-22)23(28)25-19-24(2,3)26-16-9-6-10-17-26/h5,7-8,11-15,18H,4,6,9-10,16-17,19H2,1-3H3,(H,25,28). The molecule has 3 rings (SSSR count). The van der Waals surface area contributed by atoms with Gasteiger partial charge >= 0.3 is 0 Å². The first-order valence-electron chi connectivity index (χ1n) is 11.0. The minimum Gasteiger partial charge on any atom is -0.350 e. The van der Waals surface area contributed by atoms with Crippen molar-refractivity contribution in [1.29, 1.82) is 0 Å². The summed E-state index contributed by atoms with van der Waals surface area (Å²) in [5, 5.41) is 3.00. The van der Waals surface area contributed by atoms with E-state index in [-0.39, 0.29) is 16.3 Å². The van der Waals surface area contributed by atoms with Gasteiger partial charge in [0.1, 0.15) is 0 Å². The maximum atomic E-state index is 13.2. The summed E-state index contributed by atoms with van der Waals surface area (Å²) in [7, 11) is -3.78. The molecule has 0 aromatic heterocycles. The molecule has 0 spiro atoms. The van der Waals surface area contributed by atoms with Crippen LogP contribution in [0.15, 0.2) is 59.5 Å². The van der Waals surface area contributed by atoms with Gasteiger partial charge in [-0.05, 0) is 77.0 Å². The summed E-state index contributed by atoms with van der Waals surface area (Å²) in [6, 6.07) is 15.3. The number of anilines is 1. The van der Waals surface area contributed by atoms with Crippen molar-refractivity contribution in [3.8, 4) is 0 Å². The van der Waals surface area contributed by atoms with E-state index >= 15 is 0 Å². The molecule has 0 bridgehead atoms. The Hall–Kier alpha value is -2.38. The molecule has 1 heterocycles. The van der Waals surface area contributed by atoms with Gasteiger partial charge in [0.25, 0.3) is 15.9 Å². The van der Waals surface area contributed by atoms with Gasteiger partial charge in [-0.1, -0.05) is 30.7 Å². The fourth-order valence-corrected chi connectivity index (χ4v) is 5.54. The predicted octanol–water partition coefficient (Wildman–Crippen LogP) is 3.90. The van der Waals surface area contributed by atoms with Gasteiger partial charge in [0.15, 0.2) is 0 Å². The van der Waals surface area contributed by atoms with Crippen LogP contribution in [0.5, 0.6) is 0 Å². The molecule has 0 saturated carbocycles. The fourth-order valence-electron chi connectivity index (χ4n) is 4.02. The number of carbonyl (C=O) groups excluding carboxylic acids is 1. The SMILES string of the molecule is CCN(c1ccccc1)S(=O)(=O)c1cccc(C(=O)NCC(C)(C)N2CCCCC2)c1. The van der Waals surface area contributed by atoms with Gasteiger partial charge in [0.2, 0.25) is 0 Å². The Balaban J connectivity index is 1.75. The molecular formula is C24H33N3O3S. The zero-order chi connectivity index (χ0) is 22.5. The van der Waals surface area contributed by atoms with E-state index in [1.54, 1.807) is 31.2 Å². The number of nitrogens with zero attached hydrogens (tertiary/aromatic N) is 2. The van der Waals surface area contributed by atoms with Crippen LogP contribution in [-0.4, -0.2) is 50.9 Å². The molecular weight excluding hydrogens is 410 g/mol. The average Bonchev–Trinajstić information content (AvgIpc) is 2.79. The van der Waals surface area contributed by atoms with Crippen LogP contribution in [-0.2, 0) is 10.0 Å². The Morgan fingerprint density at radius 3 is 2.35 bits per heavy atom. The third-order valence-corrected chi connectivity index (χ3v) is 7.81. The Kier molecular flexibility index (Phi) is 7.38. The van der Waals surface area contributed by atoms with Crippen LogP contribution in [0.1, 0.15) is 50.4 Å². The lowest BCUT2D eigenvalue weighted by Gasteiger charge is -2.41. The molecule has 1 aliphatic heterocycles. The number of sulfonamides is 1. The van der Waals surface area contributed by atoms with Gasteiger partial charge in [-0.3, -0.25) is 14.0 Å². The zero-order valence-corrected chi connectivity index (χ0v) is 19.5. The molecule has 1 fully saturated rings. The van der Waals surface area contributed by atoms with E-state index in [1.165, 1.54) is 35.7 Å². The van der Waals surface area contributed by atoms with Crippen LogP contribution >= 0.6 is 0 Å². The molecule has 31 heavy (non-hydrogen) atoms. The molecule has 2 aromatic carbocycles. The van der Waals surface area contributed by atoms with E-state index in [0.29, 0.717) is 24.3 Å². The van der Waals surface area contributed by atoms with Crippen LogP contribution in [0.25, 0.3) is 0 Å². The molecule has 0 radical (unpaired) electrons. The highest BCUT2D eigenvalue weighted by Gasteiger charge is 2.29. The Morgan fingerprint density at radius 2 is 1.71 bits per heavy atom. The van der Waals surface area contributed by atoms with Crippen molar-refractivity contribution >= 4 is 21.6 Å². The maximum absolute atomic E-state index is 13.2. The van der Waals surface area contributed by atoms with Crippen LogP contribution < -0.4 is 9.62 Å². The number of nitrogens with one attached hydrogen (secondary N) is 1. The van der Waals surface area contributed by atoms with Gasteiger partial charge in [-0.15, -0.1) is 0 Å². The second kappa shape index (κ2) is 9.83. The fraction of sp³-hybridized carbons (Fsp3) is 0.458. The maximum Gasteiger partial charge on any atom is 0.264 e. The number of benzene rings is 2. The normalized spacial score (nSPS) is 15.5. The van der Waals surface area contributed by atoms with E-state index < -0.39 is 10.0 Å². The number of piperidine rings is 1. The highest BCUT2D eigenvalue weighted by molar-refractivity contribution is 7.92. The Labute approximate surface area is 186 Å². The Bertz CT molecular complexity index is 984. The van der Waals surface area contributed by atoms with Crippen molar-refractivity contribution in [2.24, 2.45) is 0 Å². The molecule has 0 aliphatic carbocycles. The van der Waals surface area contributed by atoms with Gasteiger partial charge in [-0.25, -0.2) is 8.42 Å². The molecule has 6 nitrogen and oxygen atoms in total. The number of likely N-dealkylation sites (tertiary alicyclic amines) is 1. The number of amides is 1. The van der Waals surface area contributed by atoms with Crippen molar-refractivity contribution in [3.05, 3.63) is 60.2 Å². The molecule has 7 heteroatoms. The van der Waals surface area contributed by atoms with Crippen molar-refractivity contribution < 1.29 is 13.2 Å². The third-order valence-electron chi connectivity index (χ3n) is 5.91. The van der Waals surface area contributed by atoms with Gasteiger partial charge < -0.3 is 5.32 Å². The average molecular weight is 444 g/mol. The summed E-state index contributed by atoms with van der Waals surface area (Å²) >= 11 is 0. The first-order chi connectivity index (χ1) is 14.8. The minimum atomic E-state index is -3.78. The van der Waals surface area contributed by atoms with Crippen LogP contribution in [0.4, 0.5) is 5.69 Å². The molecule has 0 unspecified atom stereocenters. The van der Waals surface area contributed by atoms with E-state index in [1.807, 2.05) is 18.2 Å². The van der Waals surface area contributed by atoms with Crippen LogP contribution in [0, 0.1) is 0 Å². The molecule has 0 atom stereocenters. The van der Waals surface area contributed by atoms with E-state index in [0.717, 1.165) is 13.1 Å². The lowest BCUT2D eigenvalue weighted by Crippen LogP contribution is -2.53. The third kappa shape index (κ3) is 5.46. The molecule has 1 saturated heterocycles. The summed E-state index contributed by atoms with van der Waals surface area (Å²) in [6.45, 7) is 8.97. The predicted molar refractivity (Wildman–Crippen MR) is 125 cm³/mol. The number of para-hydroxylation sites is 1. The van der Waals surface area contributed by atoms with Crippen LogP contribution in [0.2, 0.25) is 0 Å². The molecule has 168 valence electrons. The number of hydrogen-bond donors (Lipinski definition) is 1. The summed E-state index contributed by atoms with van der Waals surface area (Å²) in [6.07, 6.45) is 3.64. The molecule has 1 amide bonds. The van der Waals surface area contributed by atoms with Crippen molar-refractivity contribution in [1.82, 2.24) is 10.2 Å².